The fraction of sp³-hybridized carbons (Fsp3) is 0.259. The second-order valence-corrected chi connectivity index (χ2v) is 7.90. The molecule has 1 aliphatic rings. The molecule has 0 bridgehead atoms. The van der Waals surface area contributed by atoms with E-state index >= 15 is 0 Å². The van der Waals surface area contributed by atoms with Gasteiger partial charge in [0.15, 0.2) is 11.5 Å². The lowest BCUT2D eigenvalue weighted by Gasteiger charge is -2.28. The van der Waals surface area contributed by atoms with Crippen molar-refractivity contribution in [2.24, 2.45) is 0 Å². The fourth-order valence-corrected chi connectivity index (χ4v) is 4.22. The summed E-state index contributed by atoms with van der Waals surface area (Å²) in [6, 6.07) is 19.8. The number of methoxy groups -OCH3 is 2. The van der Waals surface area contributed by atoms with Crippen molar-refractivity contribution >= 4 is 17.5 Å². The number of nitrogens with zero attached hydrogens (tertiary/aromatic N) is 1. The molecule has 2 amide bonds. The molecule has 7 heteroatoms. The number of carbonyl (C=O) groups is 2. The number of hydrogen-bond acceptors (Lipinski definition) is 5. The van der Waals surface area contributed by atoms with E-state index in [0.29, 0.717) is 41.7 Å². The van der Waals surface area contributed by atoms with Crippen molar-refractivity contribution in [1.29, 1.82) is 0 Å². The van der Waals surface area contributed by atoms with Crippen LogP contribution >= 0.6 is 0 Å². The highest BCUT2D eigenvalue weighted by atomic mass is 16.5. The number of amides is 2. The van der Waals surface area contributed by atoms with E-state index in [1.165, 1.54) is 0 Å². The summed E-state index contributed by atoms with van der Waals surface area (Å²) >= 11 is 0. The van der Waals surface area contributed by atoms with Crippen LogP contribution in [0, 0.1) is 0 Å². The molecule has 3 aromatic rings. The van der Waals surface area contributed by atoms with Crippen LogP contribution in [0.4, 0.5) is 5.69 Å². The van der Waals surface area contributed by atoms with E-state index in [1.807, 2.05) is 61.5 Å². The van der Waals surface area contributed by atoms with Gasteiger partial charge < -0.3 is 24.4 Å². The molecule has 0 aliphatic carbocycles. The molecule has 176 valence electrons. The Morgan fingerprint density at radius 3 is 2.44 bits per heavy atom. The molecule has 3 aromatic carbocycles. The van der Waals surface area contributed by atoms with Crippen molar-refractivity contribution in [2.45, 2.75) is 25.9 Å². The minimum atomic E-state index is -0.501. The maximum Gasteiger partial charge on any atom is 0.255 e. The molecule has 0 aromatic heterocycles. The largest absolute Gasteiger partial charge is 0.493 e. The van der Waals surface area contributed by atoms with Crippen molar-refractivity contribution in [3.05, 3.63) is 83.4 Å². The normalized spacial score (nSPS) is 13.3. The third kappa shape index (κ3) is 4.69. The molecule has 1 atom stereocenters. The highest BCUT2D eigenvalue weighted by Crippen LogP contribution is 2.37. The van der Waals surface area contributed by atoms with E-state index in [0.717, 1.165) is 11.1 Å². The molecule has 1 heterocycles. The smallest absolute Gasteiger partial charge is 0.255 e. The molecule has 0 fully saturated rings. The number of carbonyl (C=O) groups excluding carboxylic acids is 2. The Hall–Kier alpha value is -4.00. The van der Waals surface area contributed by atoms with Gasteiger partial charge in [0.05, 0.1) is 39.0 Å². The van der Waals surface area contributed by atoms with Gasteiger partial charge in [-0.2, -0.15) is 0 Å². The van der Waals surface area contributed by atoms with Gasteiger partial charge in [0, 0.05) is 12.1 Å². The average Bonchev–Trinajstić information content (AvgIpc) is 3.19. The Morgan fingerprint density at radius 1 is 0.971 bits per heavy atom. The number of nitrogens with one attached hydrogen (secondary N) is 1. The van der Waals surface area contributed by atoms with Crippen LogP contribution in [0.25, 0.3) is 0 Å². The van der Waals surface area contributed by atoms with Crippen LogP contribution < -0.4 is 19.5 Å². The quantitative estimate of drug-likeness (QED) is 0.495. The molecule has 34 heavy (non-hydrogen) atoms. The Balaban J connectivity index is 1.65. The summed E-state index contributed by atoms with van der Waals surface area (Å²) in [5, 5.41) is 2.95. The molecule has 7 nitrogen and oxygen atoms in total. The SMILES string of the molecule is CCOc1ccccc1NC(=O)C[C@H](c1ccc(OC)c(OC)c1)N1Cc2ccccc2C1=O. The van der Waals surface area contributed by atoms with Gasteiger partial charge in [0.25, 0.3) is 5.91 Å². The first kappa shape index (κ1) is 23.2. The van der Waals surface area contributed by atoms with E-state index in [9.17, 15) is 9.59 Å². The minimum absolute atomic E-state index is 0.0651. The lowest BCUT2D eigenvalue weighted by molar-refractivity contribution is -0.117. The maximum atomic E-state index is 13.3. The molecule has 1 N–H and O–H groups in total. The zero-order valence-corrected chi connectivity index (χ0v) is 19.5. The molecule has 1 aliphatic heterocycles. The molecule has 4 rings (SSSR count). The standard InChI is InChI=1S/C27H28N2O5/c1-4-34-23-12-8-7-11-21(23)28-26(30)16-22(18-13-14-24(32-2)25(15-18)33-3)29-17-19-9-5-6-10-20(19)27(29)31/h5-15,22H,4,16-17H2,1-3H3,(H,28,30)/t22-/m1/s1. The monoisotopic (exact) mass is 460 g/mol. The molecule has 0 saturated carbocycles. The first-order valence-corrected chi connectivity index (χ1v) is 11.2. The predicted molar refractivity (Wildman–Crippen MR) is 129 cm³/mol. The van der Waals surface area contributed by atoms with E-state index in [4.69, 9.17) is 14.2 Å². The summed E-state index contributed by atoms with van der Waals surface area (Å²) < 4.78 is 16.5. The summed E-state index contributed by atoms with van der Waals surface area (Å²) in [6.07, 6.45) is 0.0651. The van der Waals surface area contributed by atoms with Gasteiger partial charge in [-0.05, 0) is 48.4 Å². The average molecular weight is 461 g/mol. The van der Waals surface area contributed by atoms with Gasteiger partial charge >= 0.3 is 0 Å². The number of para-hydroxylation sites is 2. The van der Waals surface area contributed by atoms with Crippen LogP contribution in [0.1, 0.15) is 40.9 Å². The van der Waals surface area contributed by atoms with E-state index < -0.39 is 6.04 Å². The van der Waals surface area contributed by atoms with Crippen LogP contribution in [0.15, 0.2) is 66.7 Å². The molecular formula is C27H28N2O5. The molecule has 0 unspecified atom stereocenters. The Bertz CT molecular complexity index is 1190. The van der Waals surface area contributed by atoms with Crippen molar-refractivity contribution in [3.63, 3.8) is 0 Å². The Kier molecular flexibility index (Phi) is 7.01. The van der Waals surface area contributed by atoms with Crippen LogP contribution in [0.5, 0.6) is 17.2 Å². The summed E-state index contributed by atoms with van der Waals surface area (Å²) in [4.78, 5) is 28.2. The van der Waals surface area contributed by atoms with E-state index in [-0.39, 0.29) is 18.2 Å². The number of ether oxygens (including phenoxy) is 3. The van der Waals surface area contributed by atoms with Gasteiger partial charge in [0.1, 0.15) is 5.75 Å². The third-order valence-corrected chi connectivity index (χ3v) is 5.86. The summed E-state index contributed by atoms with van der Waals surface area (Å²) in [5.41, 5.74) is 2.98. The predicted octanol–water partition coefficient (Wildman–Crippen LogP) is 4.83. The molecular weight excluding hydrogens is 432 g/mol. The van der Waals surface area contributed by atoms with Crippen molar-refractivity contribution in [3.8, 4) is 17.2 Å². The van der Waals surface area contributed by atoms with Crippen molar-refractivity contribution in [1.82, 2.24) is 4.90 Å². The number of benzene rings is 3. The zero-order chi connectivity index (χ0) is 24.1. The number of hydrogen-bond donors (Lipinski definition) is 1. The van der Waals surface area contributed by atoms with Gasteiger partial charge in [-0.25, -0.2) is 0 Å². The summed E-state index contributed by atoms with van der Waals surface area (Å²) in [7, 11) is 3.13. The van der Waals surface area contributed by atoms with Crippen molar-refractivity contribution < 1.29 is 23.8 Å². The van der Waals surface area contributed by atoms with Crippen LogP contribution in [-0.2, 0) is 11.3 Å². The highest BCUT2D eigenvalue weighted by Gasteiger charge is 2.35. The Morgan fingerprint density at radius 2 is 1.71 bits per heavy atom. The lowest BCUT2D eigenvalue weighted by atomic mass is 10.0. The second-order valence-electron chi connectivity index (χ2n) is 7.90. The number of anilines is 1. The van der Waals surface area contributed by atoms with E-state index in [2.05, 4.69) is 5.32 Å². The van der Waals surface area contributed by atoms with Gasteiger partial charge in [-0.1, -0.05) is 36.4 Å². The van der Waals surface area contributed by atoms with E-state index in [1.54, 1.807) is 31.3 Å². The minimum Gasteiger partial charge on any atom is -0.493 e. The van der Waals surface area contributed by atoms with Crippen LogP contribution in [0.2, 0.25) is 0 Å². The third-order valence-electron chi connectivity index (χ3n) is 5.86. The van der Waals surface area contributed by atoms with Gasteiger partial charge in [0.2, 0.25) is 5.91 Å². The van der Waals surface area contributed by atoms with Crippen LogP contribution in [0.3, 0.4) is 0 Å². The first-order valence-electron chi connectivity index (χ1n) is 11.2. The number of fused-ring (bicyclic) bond motifs is 1. The fourth-order valence-electron chi connectivity index (χ4n) is 4.22. The molecule has 0 radical (unpaired) electrons. The molecule has 0 saturated heterocycles. The lowest BCUT2D eigenvalue weighted by Crippen LogP contribution is -2.32. The van der Waals surface area contributed by atoms with Crippen molar-refractivity contribution in [2.75, 3.05) is 26.1 Å². The van der Waals surface area contributed by atoms with Gasteiger partial charge in [-0.3, -0.25) is 9.59 Å². The highest BCUT2D eigenvalue weighted by molar-refractivity contribution is 5.99. The number of rotatable bonds is 9. The Labute approximate surface area is 199 Å². The van der Waals surface area contributed by atoms with Crippen LogP contribution in [-0.4, -0.2) is 37.5 Å². The topological polar surface area (TPSA) is 77.1 Å². The summed E-state index contributed by atoms with van der Waals surface area (Å²) in [6.45, 7) is 2.81. The maximum absolute atomic E-state index is 13.3. The second kappa shape index (κ2) is 10.3. The zero-order valence-electron chi connectivity index (χ0n) is 19.5. The summed E-state index contributed by atoms with van der Waals surface area (Å²) in [5.74, 6) is 1.40. The first-order chi connectivity index (χ1) is 16.5. The molecule has 0 spiro atoms. The van der Waals surface area contributed by atoms with Gasteiger partial charge in [-0.15, -0.1) is 0 Å².